The molecule has 0 saturated carbocycles. The third kappa shape index (κ3) is 5.44. The molecule has 2 atom stereocenters. The van der Waals surface area contributed by atoms with Crippen LogP contribution in [0, 0.1) is 12.3 Å². The molecule has 4 heterocycles. The maximum Gasteiger partial charge on any atom is 0.317 e. The largest absolute Gasteiger partial charge is 0.331 e. The van der Waals surface area contributed by atoms with Crippen LogP contribution in [0.1, 0.15) is 60.7 Å². The van der Waals surface area contributed by atoms with Gasteiger partial charge >= 0.3 is 6.03 Å². The van der Waals surface area contributed by atoms with Crippen LogP contribution in [-0.2, 0) is 6.42 Å². The molecular weight excluding hydrogens is 593 g/mol. The summed E-state index contributed by atoms with van der Waals surface area (Å²) in [5.41, 5.74) is 8.48. The number of aryl methyl sites for hydroxylation is 2. The van der Waals surface area contributed by atoms with Gasteiger partial charge in [0.15, 0.2) is 0 Å². The first-order valence-electron chi connectivity index (χ1n) is 15.3. The summed E-state index contributed by atoms with van der Waals surface area (Å²) in [6.45, 7) is 7.65. The lowest BCUT2D eigenvalue weighted by atomic mass is 9.71. The van der Waals surface area contributed by atoms with E-state index >= 15 is 0 Å². The number of urea groups is 1. The Balaban J connectivity index is 0.933. The number of piperidine rings is 1. The molecule has 0 bridgehead atoms. The number of aromatic nitrogens is 4. The second-order valence-electron chi connectivity index (χ2n) is 12.5. The zero-order chi connectivity index (χ0) is 30.4. The second-order valence-corrected chi connectivity index (χ2v) is 13.3. The van der Waals surface area contributed by atoms with Crippen LogP contribution < -0.4 is 5.32 Å². The molecule has 0 radical (unpaired) electrons. The molecule has 44 heavy (non-hydrogen) atoms. The van der Waals surface area contributed by atoms with Gasteiger partial charge in [-0.3, -0.25) is 14.9 Å². The van der Waals surface area contributed by atoms with Crippen molar-refractivity contribution in [3.63, 3.8) is 0 Å². The Bertz CT molecular complexity index is 1700. The molecule has 2 aliphatic heterocycles. The van der Waals surface area contributed by atoms with Gasteiger partial charge in [-0.25, -0.2) is 14.8 Å². The second kappa shape index (κ2) is 11.7. The lowest BCUT2D eigenvalue weighted by molar-refractivity contribution is -0.0643. The minimum Gasteiger partial charge on any atom is -0.331 e. The zero-order valence-electron chi connectivity index (χ0n) is 24.9. The first-order chi connectivity index (χ1) is 21.3. The molecule has 1 aliphatic carbocycles. The summed E-state index contributed by atoms with van der Waals surface area (Å²) in [7, 11) is 0. The molecular formula is C34H35Cl2N7O. The van der Waals surface area contributed by atoms with Crippen LogP contribution in [0.2, 0.25) is 10.0 Å². The van der Waals surface area contributed by atoms with Crippen molar-refractivity contribution in [3.8, 4) is 22.5 Å². The first kappa shape index (κ1) is 29.1. The van der Waals surface area contributed by atoms with E-state index in [4.69, 9.17) is 23.2 Å². The summed E-state index contributed by atoms with van der Waals surface area (Å²) >= 11 is 13.3. The molecule has 7 rings (SSSR count). The number of hydrogen-bond acceptors (Lipinski definition) is 6. The topological polar surface area (TPSA) is 87.1 Å². The fourth-order valence-electron chi connectivity index (χ4n) is 7.17. The van der Waals surface area contributed by atoms with Crippen LogP contribution >= 0.6 is 23.2 Å². The SMILES string of the molecule is Cc1cc(-c2ccc3c(c2)CC[C@H]3N2CC3(CCN(C(=O)N[C@@H](C)c4ccc(-c5cnccn5)c(Cl)c4Cl)CC3)C2)ncn1. The number of likely N-dealkylation sites (tertiary alicyclic amines) is 2. The number of carbonyl (C=O) groups is 1. The van der Waals surface area contributed by atoms with E-state index < -0.39 is 0 Å². The molecule has 2 fully saturated rings. The number of nitrogens with one attached hydrogen (secondary N) is 1. The monoisotopic (exact) mass is 627 g/mol. The smallest absolute Gasteiger partial charge is 0.317 e. The molecule has 2 aromatic carbocycles. The van der Waals surface area contributed by atoms with Gasteiger partial charge in [-0.05, 0) is 73.8 Å². The number of fused-ring (bicyclic) bond motifs is 1. The molecule has 1 spiro atoms. The normalized spacial score (nSPS) is 19.8. The number of nitrogens with zero attached hydrogens (tertiary/aromatic N) is 6. The van der Waals surface area contributed by atoms with Crippen LogP contribution in [0.5, 0.6) is 0 Å². The molecule has 3 aliphatic rings. The number of halogens is 2. The number of carbonyl (C=O) groups excluding carboxylic acids is 1. The van der Waals surface area contributed by atoms with Gasteiger partial charge in [0.05, 0.1) is 33.7 Å². The standard InChI is InChI=1S/C34H35Cl2N7O/c1-21-15-28(40-20-39-21)24-3-5-26-23(16-24)4-8-30(26)43-18-34(19-43)9-13-42(14-10-34)33(44)41-22(2)25-6-7-27(32(36)31(25)35)29-17-37-11-12-38-29/h3,5-7,11-12,15-17,20,22,30H,4,8-10,13-14,18-19H2,1-2H3,(H,41,44)/t22-,30+/m0/s1. The lowest BCUT2D eigenvalue weighted by Gasteiger charge is -2.56. The van der Waals surface area contributed by atoms with E-state index in [-0.39, 0.29) is 12.1 Å². The molecule has 10 heteroatoms. The summed E-state index contributed by atoms with van der Waals surface area (Å²) in [6.07, 6.45) is 10.8. The quantitative estimate of drug-likeness (QED) is 0.255. The van der Waals surface area contributed by atoms with Crippen molar-refractivity contribution in [3.05, 3.63) is 93.7 Å². The molecule has 0 unspecified atom stereocenters. The highest BCUT2D eigenvalue weighted by molar-refractivity contribution is 6.44. The highest BCUT2D eigenvalue weighted by Gasteiger charge is 2.48. The fourth-order valence-corrected chi connectivity index (χ4v) is 7.77. The van der Waals surface area contributed by atoms with Gasteiger partial charge in [-0.1, -0.05) is 47.5 Å². The highest BCUT2D eigenvalue weighted by atomic mass is 35.5. The molecule has 2 aromatic heterocycles. The molecule has 1 N–H and O–H groups in total. The van der Waals surface area contributed by atoms with Crippen molar-refractivity contribution in [2.24, 2.45) is 5.41 Å². The summed E-state index contributed by atoms with van der Waals surface area (Å²) in [5.74, 6) is 0. The number of amides is 2. The first-order valence-corrected chi connectivity index (χ1v) is 16.0. The van der Waals surface area contributed by atoms with E-state index in [9.17, 15) is 4.79 Å². The van der Waals surface area contributed by atoms with Gasteiger partial charge < -0.3 is 10.2 Å². The van der Waals surface area contributed by atoms with Crippen molar-refractivity contribution in [2.45, 2.75) is 51.6 Å². The van der Waals surface area contributed by atoms with Crippen LogP contribution in [0.25, 0.3) is 22.5 Å². The highest BCUT2D eigenvalue weighted by Crippen LogP contribution is 2.48. The maximum absolute atomic E-state index is 13.2. The van der Waals surface area contributed by atoms with E-state index in [1.807, 2.05) is 36.9 Å². The summed E-state index contributed by atoms with van der Waals surface area (Å²) in [6, 6.07) is 12.8. The number of hydrogen-bond donors (Lipinski definition) is 1. The van der Waals surface area contributed by atoms with Crippen LogP contribution in [0.3, 0.4) is 0 Å². The van der Waals surface area contributed by atoms with Crippen molar-refractivity contribution in [1.29, 1.82) is 0 Å². The number of benzene rings is 2. The lowest BCUT2D eigenvalue weighted by Crippen LogP contribution is -2.61. The van der Waals surface area contributed by atoms with Crippen molar-refractivity contribution >= 4 is 29.2 Å². The van der Waals surface area contributed by atoms with E-state index in [0.717, 1.165) is 68.8 Å². The Kier molecular flexibility index (Phi) is 7.77. The average molecular weight is 629 g/mol. The van der Waals surface area contributed by atoms with E-state index in [2.05, 4.69) is 48.4 Å². The van der Waals surface area contributed by atoms with Gasteiger partial charge in [0, 0.05) is 61.4 Å². The third-order valence-electron chi connectivity index (χ3n) is 9.68. The van der Waals surface area contributed by atoms with E-state index in [1.54, 1.807) is 24.9 Å². The van der Waals surface area contributed by atoms with Gasteiger partial charge in [0.2, 0.25) is 0 Å². The predicted octanol–water partition coefficient (Wildman–Crippen LogP) is 7.07. The van der Waals surface area contributed by atoms with Crippen LogP contribution in [0.15, 0.2) is 61.3 Å². The predicted molar refractivity (Wildman–Crippen MR) is 173 cm³/mol. The van der Waals surface area contributed by atoms with Crippen LogP contribution in [-0.4, -0.2) is 61.9 Å². The Morgan fingerprint density at radius 3 is 2.57 bits per heavy atom. The fraction of sp³-hybridized carbons (Fsp3) is 0.382. The maximum atomic E-state index is 13.2. The minimum absolute atomic E-state index is 0.0619. The van der Waals surface area contributed by atoms with E-state index in [1.165, 1.54) is 16.7 Å². The van der Waals surface area contributed by atoms with E-state index in [0.29, 0.717) is 32.8 Å². The Morgan fingerprint density at radius 1 is 1.00 bits per heavy atom. The summed E-state index contributed by atoms with van der Waals surface area (Å²) < 4.78 is 0. The molecule has 226 valence electrons. The van der Waals surface area contributed by atoms with Crippen molar-refractivity contribution in [2.75, 3.05) is 26.2 Å². The Morgan fingerprint density at radius 2 is 1.82 bits per heavy atom. The van der Waals surface area contributed by atoms with Crippen molar-refractivity contribution < 1.29 is 4.79 Å². The molecule has 2 saturated heterocycles. The Hall–Kier alpha value is -3.59. The summed E-state index contributed by atoms with van der Waals surface area (Å²) in [4.78, 5) is 35.0. The molecule has 8 nitrogen and oxygen atoms in total. The Labute approximate surface area is 267 Å². The zero-order valence-corrected chi connectivity index (χ0v) is 26.4. The van der Waals surface area contributed by atoms with Crippen molar-refractivity contribution in [1.82, 2.24) is 35.1 Å². The van der Waals surface area contributed by atoms with Gasteiger partial charge in [-0.15, -0.1) is 0 Å². The minimum atomic E-state index is -0.292. The number of rotatable bonds is 5. The van der Waals surface area contributed by atoms with Crippen LogP contribution in [0.4, 0.5) is 4.79 Å². The average Bonchev–Trinajstić information content (AvgIpc) is 3.44. The van der Waals surface area contributed by atoms with Gasteiger partial charge in [-0.2, -0.15) is 0 Å². The third-order valence-corrected chi connectivity index (χ3v) is 10.6. The van der Waals surface area contributed by atoms with Gasteiger partial charge in [0.25, 0.3) is 0 Å². The molecule has 2 amide bonds. The van der Waals surface area contributed by atoms with Gasteiger partial charge in [0.1, 0.15) is 6.33 Å². The summed E-state index contributed by atoms with van der Waals surface area (Å²) in [5, 5.41) is 3.97. The molecule has 4 aromatic rings.